The molecule has 20 heavy (non-hydrogen) atoms. The van der Waals surface area contributed by atoms with Crippen LogP contribution in [0.5, 0.6) is 5.75 Å². The zero-order valence-corrected chi connectivity index (χ0v) is 12.3. The summed E-state index contributed by atoms with van der Waals surface area (Å²) < 4.78 is 69.6. The maximum atomic E-state index is 13.4. The number of rotatable bonds is 5. The van der Waals surface area contributed by atoms with E-state index in [9.17, 15) is 22.0 Å². The first-order valence-electron chi connectivity index (χ1n) is 5.69. The number of halogens is 6. The number of hydrogen-bond donors (Lipinski definition) is 1. The summed E-state index contributed by atoms with van der Waals surface area (Å²) in [4.78, 5) is 0. The molecule has 0 amide bonds. The smallest absolute Gasteiger partial charge is 0.455 e. The Bertz CT molecular complexity index is 464. The molecule has 1 atom stereocenters. The fourth-order valence-corrected chi connectivity index (χ4v) is 2.20. The first kappa shape index (κ1) is 17.2. The van der Waals surface area contributed by atoms with Gasteiger partial charge in [0.1, 0.15) is 11.8 Å². The number of alkyl halides is 5. The van der Waals surface area contributed by atoms with E-state index in [-0.39, 0.29) is 5.56 Å². The van der Waals surface area contributed by atoms with E-state index in [1.807, 2.05) is 5.32 Å². The summed E-state index contributed by atoms with van der Waals surface area (Å²) in [6.07, 6.45) is -5.63. The average molecular weight is 362 g/mol. The van der Waals surface area contributed by atoms with E-state index in [0.29, 0.717) is 16.8 Å². The Hall–Kier alpha value is -0.890. The second-order valence-corrected chi connectivity index (χ2v) is 4.82. The maximum absolute atomic E-state index is 13.4. The molecule has 0 aromatic heterocycles. The van der Waals surface area contributed by atoms with Gasteiger partial charge in [-0.15, -0.1) is 0 Å². The minimum Gasteiger partial charge on any atom is -0.493 e. The second-order valence-electron chi connectivity index (χ2n) is 3.97. The topological polar surface area (TPSA) is 21.3 Å². The van der Waals surface area contributed by atoms with Gasteiger partial charge in [-0.2, -0.15) is 22.0 Å². The predicted octanol–water partition coefficient (Wildman–Crippen LogP) is 4.31. The van der Waals surface area contributed by atoms with Crippen LogP contribution in [0, 0.1) is 0 Å². The zero-order chi connectivity index (χ0) is 15.6. The van der Waals surface area contributed by atoms with Gasteiger partial charge in [-0.1, -0.05) is 6.07 Å². The normalized spacial score (nSPS) is 14.2. The largest absolute Gasteiger partial charge is 0.493 e. The number of nitrogens with one attached hydrogen (secondary N) is 1. The molecule has 8 heteroatoms. The first-order chi connectivity index (χ1) is 9.15. The Balaban J connectivity index is 3.17. The molecule has 1 rings (SSSR count). The van der Waals surface area contributed by atoms with Crippen molar-refractivity contribution in [2.75, 3.05) is 13.7 Å². The van der Waals surface area contributed by atoms with Crippen LogP contribution in [-0.4, -0.2) is 25.8 Å². The zero-order valence-electron chi connectivity index (χ0n) is 10.7. The summed E-state index contributed by atoms with van der Waals surface area (Å²) in [6, 6.07) is 1.54. The molecule has 114 valence electrons. The van der Waals surface area contributed by atoms with Crippen molar-refractivity contribution >= 4 is 15.9 Å². The van der Waals surface area contributed by atoms with E-state index < -0.39 is 18.1 Å². The van der Waals surface area contributed by atoms with Gasteiger partial charge in [0.05, 0.1) is 11.1 Å². The minimum atomic E-state index is -5.63. The Morgan fingerprint density at radius 3 is 2.25 bits per heavy atom. The molecule has 0 radical (unpaired) electrons. The van der Waals surface area contributed by atoms with Gasteiger partial charge in [-0.3, -0.25) is 0 Å². The summed E-state index contributed by atoms with van der Waals surface area (Å²) in [5.74, 6) is -4.50. The average Bonchev–Trinajstić information content (AvgIpc) is 2.32. The van der Waals surface area contributed by atoms with Crippen molar-refractivity contribution in [1.82, 2.24) is 5.32 Å². The van der Waals surface area contributed by atoms with Gasteiger partial charge in [0, 0.05) is 0 Å². The lowest BCUT2D eigenvalue weighted by Gasteiger charge is -2.28. The summed E-state index contributed by atoms with van der Waals surface area (Å²) in [7, 11) is 1.05. The molecule has 0 aliphatic heterocycles. The molecule has 2 nitrogen and oxygen atoms in total. The molecular formula is C12H13BrF5NO. The van der Waals surface area contributed by atoms with Gasteiger partial charge in [0.15, 0.2) is 0 Å². The molecule has 0 aliphatic rings. The Labute approximate surface area is 121 Å². The maximum Gasteiger partial charge on any atom is 0.455 e. The molecule has 1 aromatic rings. The van der Waals surface area contributed by atoms with Crippen molar-refractivity contribution in [3.8, 4) is 5.75 Å². The van der Waals surface area contributed by atoms with Crippen LogP contribution >= 0.6 is 15.9 Å². The molecule has 0 saturated carbocycles. The molecule has 1 N–H and O–H groups in total. The highest BCUT2D eigenvalue weighted by molar-refractivity contribution is 9.10. The van der Waals surface area contributed by atoms with E-state index in [0.717, 1.165) is 7.05 Å². The Morgan fingerprint density at radius 2 is 1.85 bits per heavy atom. The van der Waals surface area contributed by atoms with Crippen molar-refractivity contribution in [2.45, 2.75) is 25.1 Å². The van der Waals surface area contributed by atoms with Crippen LogP contribution in [0.1, 0.15) is 18.5 Å². The van der Waals surface area contributed by atoms with Crippen molar-refractivity contribution in [3.05, 3.63) is 28.2 Å². The Morgan fingerprint density at radius 1 is 1.25 bits per heavy atom. The molecule has 0 heterocycles. The lowest BCUT2D eigenvalue weighted by atomic mass is 10.00. The van der Waals surface area contributed by atoms with Crippen LogP contribution in [-0.2, 0) is 0 Å². The SMILES string of the molecule is CCOc1ccc(C(NC)C(F)(F)C(F)(F)F)cc1Br. The molecule has 0 spiro atoms. The third-order valence-corrected chi connectivity index (χ3v) is 3.24. The van der Waals surface area contributed by atoms with Crippen molar-refractivity contribution in [1.29, 1.82) is 0 Å². The van der Waals surface area contributed by atoms with Gasteiger partial charge in [-0.05, 0) is 47.6 Å². The monoisotopic (exact) mass is 361 g/mol. The number of ether oxygens (including phenoxy) is 1. The van der Waals surface area contributed by atoms with Crippen LogP contribution in [0.2, 0.25) is 0 Å². The number of hydrogen-bond acceptors (Lipinski definition) is 2. The summed E-state index contributed by atoms with van der Waals surface area (Å²) in [5.41, 5.74) is -0.190. The molecule has 1 aromatic carbocycles. The van der Waals surface area contributed by atoms with Crippen molar-refractivity contribution in [2.24, 2.45) is 0 Å². The standard InChI is InChI=1S/C12H13BrF5NO/c1-3-20-9-5-4-7(6-8(9)13)10(19-2)11(14,15)12(16,17)18/h4-6,10,19H,3H2,1-2H3. The first-order valence-corrected chi connectivity index (χ1v) is 6.48. The van der Waals surface area contributed by atoms with Crippen LogP contribution in [0.3, 0.4) is 0 Å². The molecule has 0 aliphatic carbocycles. The van der Waals surface area contributed by atoms with Gasteiger partial charge in [-0.25, -0.2) is 0 Å². The van der Waals surface area contributed by atoms with E-state index >= 15 is 0 Å². The second kappa shape index (κ2) is 6.26. The van der Waals surface area contributed by atoms with Gasteiger partial charge in [0.2, 0.25) is 0 Å². The van der Waals surface area contributed by atoms with Gasteiger partial charge in [0.25, 0.3) is 0 Å². The predicted molar refractivity (Wildman–Crippen MR) is 68.1 cm³/mol. The molecule has 1 unspecified atom stereocenters. The summed E-state index contributed by atoms with van der Waals surface area (Å²) in [5, 5.41) is 2.01. The molecule has 0 saturated heterocycles. The third kappa shape index (κ3) is 3.41. The highest BCUT2D eigenvalue weighted by Crippen LogP contribution is 2.45. The van der Waals surface area contributed by atoms with Crippen molar-refractivity contribution in [3.63, 3.8) is 0 Å². The Kier molecular flexibility index (Phi) is 5.37. The van der Waals surface area contributed by atoms with E-state index in [1.165, 1.54) is 18.2 Å². The van der Waals surface area contributed by atoms with Gasteiger partial charge >= 0.3 is 12.1 Å². The van der Waals surface area contributed by atoms with Crippen LogP contribution in [0.25, 0.3) is 0 Å². The van der Waals surface area contributed by atoms with Crippen LogP contribution < -0.4 is 10.1 Å². The molecule has 0 bridgehead atoms. The fraction of sp³-hybridized carbons (Fsp3) is 0.500. The van der Waals surface area contributed by atoms with Crippen LogP contribution in [0.4, 0.5) is 22.0 Å². The van der Waals surface area contributed by atoms with Gasteiger partial charge < -0.3 is 10.1 Å². The highest BCUT2D eigenvalue weighted by Gasteiger charge is 2.62. The number of benzene rings is 1. The van der Waals surface area contributed by atoms with Crippen LogP contribution in [0.15, 0.2) is 22.7 Å². The molecular weight excluding hydrogens is 349 g/mol. The summed E-state index contributed by atoms with van der Waals surface area (Å²) in [6.45, 7) is 2.08. The lowest BCUT2D eigenvalue weighted by molar-refractivity contribution is -0.293. The highest BCUT2D eigenvalue weighted by atomic mass is 79.9. The van der Waals surface area contributed by atoms with Crippen molar-refractivity contribution < 1.29 is 26.7 Å². The summed E-state index contributed by atoms with van der Waals surface area (Å²) >= 11 is 3.08. The quantitative estimate of drug-likeness (QED) is 0.789. The lowest BCUT2D eigenvalue weighted by Crippen LogP contribution is -2.47. The van der Waals surface area contributed by atoms with E-state index in [2.05, 4.69) is 15.9 Å². The van der Waals surface area contributed by atoms with E-state index in [1.54, 1.807) is 6.92 Å². The minimum absolute atomic E-state index is 0.190. The third-order valence-electron chi connectivity index (χ3n) is 2.62. The molecule has 0 fully saturated rings. The fourth-order valence-electron chi connectivity index (χ4n) is 1.69. The van der Waals surface area contributed by atoms with E-state index in [4.69, 9.17) is 4.74 Å².